The van der Waals surface area contributed by atoms with Crippen molar-refractivity contribution in [3.63, 3.8) is 0 Å². The second-order valence-electron chi connectivity index (χ2n) is 5.73. The smallest absolute Gasteiger partial charge is 0.0840 e. The lowest BCUT2D eigenvalue weighted by Gasteiger charge is -2.29. The highest BCUT2D eigenvalue weighted by molar-refractivity contribution is 5.63. The fourth-order valence-electron chi connectivity index (χ4n) is 2.13. The molecule has 0 bridgehead atoms. The van der Waals surface area contributed by atoms with Crippen LogP contribution in [0.5, 0.6) is 0 Å². The van der Waals surface area contributed by atoms with Crippen LogP contribution in [-0.4, -0.2) is 5.11 Å². The Kier molecular flexibility index (Phi) is 4.06. The highest BCUT2D eigenvalue weighted by atomic mass is 16.3. The van der Waals surface area contributed by atoms with E-state index in [1.54, 1.807) is 0 Å². The van der Waals surface area contributed by atoms with Crippen LogP contribution in [0.1, 0.15) is 38.9 Å². The molecule has 19 heavy (non-hydrogen) atoms. The van der Waals surface area contributed by atoms with Crippen molar-refractivity contribution in [2.75, 3.05) is 0 Å². The molecule has 2 aromatic rings. The van der Waals surface area contributed by atoms with Crippen LogP contribution in [0.15, 0.2) is 54.6 Å². The second-order valence-corrected chi connectivity index (χ2v) is 5.73. The van der Waals surface area contributed by atoms with Crippen LogP contribution in [0.25, 0.3) is 11.1 Å². The van der Waals surface area contributed by atoms with E-state index in [1.807, 2.05) is 30.3 Å². The second kappa shape index (κ2) is 5.58. The van der Waals surface area contributed by atoms with E-state index < -0.39 is 6.10 Å². The SMILES string of the molecule is CCC(C)(C)C(O)c1ccc(-c2ccccc2)cc1. The molecule has 2 aromatic carbocycles. The van der Waals surface area contributed by atoms with E-state index in [0.717, 1.165) is 12.0 Å². The number of aliphatic hydroxyl groups excluding tert-OH is 1. The third-order valence-electron chi connectivity index (χ3n) is 3.98. The maximum absolute atomic E-state index is 10.4. The first kappa shape index (κ1) is 13.8. The van der Waals surface area contributed by atoms with Crippen molar-refractivity contribution >= 4 is 0 Å². The first-order valence-corrected chi connectivity index (χ1v) is 6.88. The molecule has 1 unspecified atom stereocenters. The summed E-state index contributed by atoms with van der Waals surface area (Å²) in [5.74, 6) is 0. The van der Waals surface area contributed by atoms with Crippen molar-refractivity contribution in [2.24, 2.45) is 5.41 Å². The molecule has 1 nitrogen and oxygen atoms in total. The first-order valence-electron chi connectivity index (χ1n) is 6.88. The van der Waals surface area contributed by atoms with Gasteiger partial charge in [0, 0.05) is 0 Å². The molecule has 0 amide bonds. The van der Waals surface area contributed by atoms with E-state index in [-0.39, 0.29) is 5.41 Å². The van der Waals surface area contributed by atoms with Crippen LogP contribution < -0.4 is 0 Å². The van der Waals surface area contributed by atoms with Crippen LogP contribution in [0, 0.1) is 5.41 Å². The highest BCUT2D eigenvalue weighted by Crippen LogP contribution is 2.36. The lowest BCUT2D eigenvalue weighted by atomic mass is 9.80. The molecule has 0 aliphatic carbocycles. The minimum atomic E-state index is -0.415. The van der Waals surface area contributed by atoms with Gasteiger partial charge in [-0.15, -0.1) is 0 Å². The predicted molar refractivity (Wildman–Crippen MR) is 80.9 cm³/mol. The van der Waals surface area contributed by atoms with E-state index in [0.29, 0.717) is 0 Å². The molecule has 0 saturated heterocycles. The van der Waals surface area contributed by atoms with Crippen molar-refractivity contribution < 1.29 is 5.11 Å². The summed E-state index contributed by atoms with van der Waals surface area (Å²) in [6.45, 7) is 6.31. The van der Waals surface area contributed by atoms with Crippen molar-refractivity contribution in [1.29, 1.82) is 0 Å². The maximum Gasteiger partial charge on any atom is 0.0840 e. The molecule has 0 radical (unpaired) electrons. The quantitative estimate of drug-likeness (QED) is 0.829. The third kappa shape index (κ3) is 3.05. The Bertz CT molecular complexity index is 511. The fourth-order valence-corrected chi connectivity index (χ4v) is 2.13. The Morgan fingerprint density at radius 2 is 1.42 bits per heavy atom. The average Bonchev–Trinajstić information content (AvgIpc) is 2.47. The fraction of sp³-hybridized carbons (Fsp3) is 0.333. The molecular weight excluding hydrogens is 232 g/mol. The lowest BCUT2D eigenvalue weighted by Crippen LogP contribution is -2.20. The predicted octanol–water partition coefficient (Wildman–Crippen LogP) is 4.82. The Labute approximate surface area is 115 Å². The summed E-state index contributed by atoms with van der Waals surface area (Å²) in [5.41, 5.74) is 3.30. The molecule has 2 rings (SSSR count). The van der Waals surface area contributed by atoms with Gasteiger partial charge in [0.25, 0.3) is 0 Å². The number of hydrogen-bond acceptors (Lipinski definition) is 1. The van der Waals surface area contributed by atoms with E-state index in [9.17, 15) is 5.11 Å². The van der Waals surface area contributed by atoms with E-state index in [2.05, 4.69) is 45.0 Å². The summed E-state index contributed by atoms with van der Waals surface area (Å²) in [4.78, 5) is 0. The minimum absolute atomic E-state index is 0.0890. The van der Waals surface area contributed by atoms with Gasteiger partial charge in [0.15, 0.2) is 0 Å². The van der Waals surface area contributed by atoms with Crippen LogP contribution in [0.4, 0.5) is 0 Å². The molecule has 100 valence electrons. The van der Waals surface area contributed by atoms with Crippen LogP contribution in [0.3, 0.4) is 0 Å². The molecule has 1 heteroatoms. The summed E-state index contributed by atoms with van der Waals surface area (Å²) in [6, 6.07) is 18.5. The van der Waals surface area contributed by atoms with Crippen LogP contribution in [-0.2, 0) is 0 Å². The maximum atomic E-state index is 10.4. The Balaban J connectivity index is 2.24. The number of aliphatic hydroxyl groups is 1. The zero-order valence-corrected chi connectivity index (χ0v) is 11.9. The zero-order chi connectivity index (χ0) is 13.9. The van der Waals surface area contributed by atoms with Crippen LogP contribution in [0.2, 0.25) is 0 Å². The monoisotopic (exact) mass is 254 g/mol. The number of hydrogen-bond donors (Lipinski definition) is 1. The number of benzene rings is 2. The summed E-state index contributed by atoms with van der Waals surface area (Å²) < 4.78 is 0. The van der Waals surface area contributed by atoms with E-state index in [1.165, 1.54) is 11.1 Å². The normalized spacial score (nSPS) is 13.3. The lowest BCUT2D eigenvalue weighted by molar-refractivity contribution is 0.0466. The average molecular weight is 254 g/mol. The largest absolute Gasteiger partial charge is 0.388 e. The van der Waals surface area contributed by atoms with Crippen molar-refractivity contribution in [1.82, 2.24) is 0 Å². The standard InChI is InChI=1S/C18H22O/c1-4-18(2,3)17(19)16-12-10-15(11-13-16)14-8-6-5-7-9-14/h5-13,17,19H,4H2,1-3H3. The third-order valence-corrected chi connectivity index (χ3v) is 3.98. The van der Waals surface area contributed by atoms with E-state index in [4.69, 9.17) is 0 Å². The Hall–Kier alpha value is -1.60. The van der Waals surface area contributed by atoms with Crippen molar-refractivity contribution in [3.05, 3.63) is 60.2 Å². The van der Waals surface area contributed by atoms with Crippen molar-refractivity contribution in [2.45, 2.75) is 33.3 Å². The summed E-state index contributed by atoms with van der Waals surface area (Å²) >= 11 is 0. The van der Waals surface area contributed by atoms with Gasteiger partial charge in [-0.2, -0.15) is 0 Å². The molecule has 0 spiro atoms. The van der Waals surface area contributed by atoms with Gasteiger partial charge in [-0.05, 0) is 28.5 Å². The minimum Gasteiger partial charge on any atom is -0.388 e. The molecule has 0 saturated carbocycles. The van der Waals surface area contributed by atoms with Gasteiger partial charge in [-0.1, -0.05) is 75.4 Å². The Morgan fingerprint density at radius 3 is 1.95 bits per heavy atom. The molecule has 0 heterocycles. The van der Waals surface area contributed by atoms with Gasteiger partial charge in [-0.3, -0.25) is 0 Å². The van der Waals surface area contributed by atoms with E-state index >= 15 is 0 Å². The van der Waals surface area contributed by atoms with Gasteiger partial charge in [0.1, 0.15) is 0 Å². The zero-order valence-electron chi connectivity index (χ0n) is 11.9. The van der Waals surface area contributed by atoms with Gasteiger partial charge < -0.3 is 5.11 Å². The summed E-state index contributed by atoms with van der Waals surface area (Å²) in [5, 5.41) is 10.4. The molecule has 1 N–H and O–H groups in total. The topological polar surface area (TPSA) is 20.2 Å². The van der Waals surface area contributed by atoms with Gasteiger partial charge >= 0.3 is 0 Å². The van der Waals surface area contributed by atoms with Crippen molar-refractivity contribution in [3.8, 4) is 11.1 Å². The van der Waals surface area contributed by atoms with Gasteiger partial charge in [0.05, 0.1) is 6.10 Å². The molecule has 0 aromatic heterocycles. The van der Waals surface area contributed by atoms with Gasteiger partial charge in [-0.25, -0.2) is 0 Å². The molecular formula is C18H22O. The Morgan fingerprint density at radius 1 is 0.895 bits per heavy atom. The molecule has 1 atom stereocenters. The van der Waals surface area contributed by atoms with Crippen LogP contribution >= 0.6 is 0 Å². The molecule has 0 aliphatic heterocycles. The molecule has 0 aliphatic rings. The van der Waals surface area contributed by atoms with Gasteiger partial charge in [0.2, 0.25) is 0 Å². The highest BCUT2D eigenvalue weighted by Gasteiger charge is 2.26. The summed E-state index contributed by atoms with van der Waals surface area (Å²) in [7, 11) is 0. The molecule has 0 fully saturated rings. The first-order chi connectivity index (χ1) is 9.04. The number of rotatable bonds is 4. The summed E-state index contributed by atoms with van der Waals surface area (Å²) in [6.07, 6.45) is 0.538.